The average molecular weight is 409 g/mol. The van der Waals surface area contributed by atoms with Gasteiger partial charge < -0.3 is 5.32 Å². The zero-order chi connectivity index (χ0) is 20.0. The monoisotopic (exact) mass is 408 g/mol. The summed E-state index contributed by atoms with van der Waals surface area (Å²) in [6.45, 7) is 6.17. The van der Waals surface area contributed by atoms with Crippen LogP contribution in [0.5, 0.6) is 0 Å². The van der Waals surface area contributed by atoms with Crippen molar-refractivity contribution < 1.29 is 13.2 Å². The van der Waals surface area contributed by atoms with Gasteiger partial charge in [-0.05, 0) is 42.2 Å². The SMILES string of the molecule is CC(C)c1ccc(C(C)NC(=O)CCNS(=O)(=O)c2cccc(Cl)c2)cc1. The Labute approximate surface area is 166 Å². The summed E-state index contributed by atoms with van der Waals surface area (Å²) in [5.74, 6) is 0.237. The van der Waals surface area contributed by atoms with Crippen LogP contribution in [0.4, 0.5) is 0 Å². The Bertz CT molecular complexity index is 880. The molecule has 0 spiro atoms. The minimum atomic E-state index is -3.69. The molecule has 0 aliphatic carbocycles. The summed E-state index contributed by atoms with van der Waals surface area (Å²) in [7, 11) is -3.69. The van der Waals surface area contributed by atoms with Crippen LogP contribution in [0.1, 0.15) is 50.3 Å². The quantitative estimate of drug-likeness (QED) is 0.692. The summed E-state index contributed by atoms with van der Waals surface area (Å²) in [5.41, 5.74) is 2.25. The molecular weight excluding hydrogens is 384 g/mol. The van der Waals surface area contributed by atoms with Crippen molar-refractivity contribution in [2.45, 2.75) is 44.0 Å². The first-order chi connectivity index (χ1) is 12.7. The van der Waals surface area contributed by atoms with E-state index in [1.54, 1.807) is 12.1 Å². The molecule has 2 aromatic rings. The zero-order valence-corrected chi connectivity index (χ0v) is 17.3. The zero-order valence-electron chi connectivity index (χ0n) is 15.7. The van der Waals surface area contributed by atoms with Crippen molar-refractivity contribution in [1.29, 1.82) is 0 Å². The van der Waals surface area contributed by atoms with Gasteiger partial charge in [0.25, 0.3) is 0 Å². The molecule has 0 aliphatic rings. The van der Waals surface area contributed by atoms with E-state index in [0.717, 1.165) is 5.56 Å². The van der Waals surface area contributed by atoms with E-state index in [2.05, 4.69) is 36.0 Å². The van der Waals surface area contributed by atoms with Gasteiger partial charge in [0.15, 0.2) is 0 Å². The van der Waals surface area contributed by atoms with Crippen molar-refractivity contribution in [3.05, 3.63) is 64.7 Å². The minimum absolute atomic E-state index is 0.0136. The van der Waals surface area contributed by atoms with Crippen LogP contribution < -0.4 is 10.0 Å². The normalized spacial score (nSPS) is 12.8. The van der Waals surface area contributed by atoms with Crippen LogP contribution in [0.3, 0.4) is 0 Å². The van der Waals surface area contributed by atoms with Gasteiger partial charge in [-0.15, -0.1) is 0 Å². The lowest BCUT2D eigenvalue weighted by atomic mass is 9.99. The van der Waals surface area contributed by atoms with Crippen LogP contribution in [0.15, 0.2) is 53.4 Å². The number of carbonyl (C=O) groups excluding carboxylic acids is 1. The van der Waals surface area contributed by atoms with Gasteiger partial charge in [0.1, 0.15) is 0 Å². The number of benzene rings is 2. The highest BCUT2D eigenvalue weighted by molar-refractivity contribution is 7.89. The standard InChI is InChI=1S/C20H25ClN2O3S/c1-14(2)16-7-9-17(10-8-16)15(3)23-20(24)11-12-22-27(25,26)19-6-4-5-18(21)13-19/h4-10,13-15,22H,11-12H2,1-3H3,(H,23,24). The Morgan fingerprint density at radius 1 is 1.04 bits per heavy atom. The van der Waals surface area contributed by atoms with E-state index in [-0.39, 0.29) is 29.8 Å². The summed E-state index contributed by atoms with van der Waals surface area (Å²) in [5, 5.41) is 3.23. The molecule has 0 aliphatic heterocycles. The summed E-state index contributed by atoms with van der Waals surface area (Å²) < 4.78 is 26.8. The number of halogens is 1. The topological polar surface area (TPSA) is 75.3 Å². The maximum Gasteiger partial charge on any atom is 0.240 e. The molecule has 2 rings (SSSR count). The van der Waals surface area contributed by atoms with Gasteiger partial charge in [-0.25, -0.2) is 13.1 Å². The molecule has 146 valence electrons. The Balaban J connectivity index is 1.85. The van der Waals surface area contributed by atoms with Gasteiger partial charge in [-0.3, -0.25) is 4.79 Å². The second-order valence-electron chi connectivity index (χ2n) is 6.72. The van der Waals surface area contributed by atoms with Crippen LogP contribution in [0.2, 0.25) is 5.02 Å². The molecule has 0 heterocycles. The van der Waals surface area contributed by atoms with E-state index < -0.39 is 10.0 Å². The van der Waals surface area contributed by atoms with Crippen LogP contribution in [-0.2, 0) is 14.8 Å². The van der Waals surface area contributed by atoms with E-state index >= 15 is 0 Å². The highest BCUT2D eigenvalue weighted by atomic mass is 35.5. The number of carbonyl (C=O) groups is 1. The van der Waals surface area contributed by atoms with E-state index in [1.165, 1.54) is 17.7 Å². The van der Waals surface area contributed by atoms with Gasteiger partial charge in [0.05, 0.1) is 10.9 Å². The van der Waals surface area contributed by atoms with Crippen LogP contribution in [-0.4, -0.2) is 20.9 Å². The Hall–Kier alpha value is -1.89. The lowest BCUT2D eigenvalue weighted by Crippen LogP contribution is -2.32. The average Bonchev–Trinajstić information content (AvgIpc) is 2.61. The second-order valence-corrected chi connectivity index (χ2v) is 8.92. The van der Waals surface area contributed by atoms with Crippen molar-refractivity contribution in [2.24, 2.45) is 0 Å². The van der Waals surface area contributed by atoms with Gasteiger partial charge in [0.2, 0.25) is 15.9 Å². The molecule has 5 nitrogen and oxygen atoms in total. The third kappa shape index (κ3) is 6.34. The maximum atomic E-state index is 12.2. The van der Waals surface area contributed by atoms with Gasteiger partial charge in [-0.1, -0.05) is 55.8 Å². The highest BCUT2D eigenvalue weighted by Gasteiger charge is 2.15. The first-order valence-corrected chi connectivity index (χ1v) is 10.7. The minimum Gasteiger partial charge on any atom is -0.350 e. The predicted molar refractivity (Wildman–Crippen MR) is 108 cm³/mol. The number of amides is 1. The van der Waals surface area contributed by atoms with Crippen molar-refractivity contribution in [3.8, 4) is 0 Å². The Kier molecular flexibility index (Phi) is 7.41. The maximum absolute atomic E-state index is 12.2. The Morgan fingerprint density at radius 3 is 2.26 bits per heavy atom. The molecule has 2 N–H and O–H groups in total. The molecule has 0 saturated heterocycles. The lowest BCUT2D eigenvalue weighted by Gasteiger charge is -2.16. The lowest BCUT2D eigenvalue weighted by molar-refractivity contribution is -0.121. The summed E-state index contributed by atoms with van der Waals surface area (Å²) in [4.78, 5) is 12.2. The first-order valence-electron chi connectivity index (χ1n) is 8.83. The van der Waals surface area contributed by atoms with E-state index in [4.69, 9.17) is 11.6 Å². The molecule has 1 unspecified atom stereocenters. The third-order valence-electron chi connectivity index (χ3n) is 4.23. The molecule has 0 aromatic heterocycles. The number of rotatable bonds is 8. The van der Waals surface area contributed by atoms with Crippen LogP contribution in [0.25, 0.3) is 0 Å². The van der Waals surface area contributed by atoms with Crippen molar-refractivity contribution in [1.82, 2.24) is 10.0 Å². The summed E-state index contributed by atoms with van der Waals surface area (Å²) >= 11 is 5.82. The van der Waals surface area contributed by atoms with Crippen LogP contribution >= 0.6 is 11.6 Å². The number of nitrogens with one attached hydrogen (secondary N) is 2. The number of sulfonamides is 1. The largest absolute Gasteiger partial charge is 0.350 e. The van der Waals surface area contributed by atoms with Gasteiger partial charge in [-0.2, -0.15) is 0 Å². The molecule has 7 heteroatoms. The van der Waals surface area contributed by atoms with Gasteiger partial charge >= 0.3 is 0 Å². The summed E-state index contributed by atoms with van der Waals surface area (Å²) in [6, 6.07) is 14.0. The summed E-state index contributed by atoms with van der Waals surface area (Å²) in [6.07, 6.45) is 0.0498. The fourth-order valence-electron chi connectivity index (χ4n) is 2.58. The number of hydrogen-bond acceptors (Lipinski definition) is 3. The Morgan fingerprint density at radius 2 is 1.67 bits per heavy atom. The van der Waals surface area contributed by atoms with Crippen LogP contribution in [0, 0.1) is 0 Å². The van der Waals surface area contributed by atoms with E-state index in [0.29, 0.717) is 10.9 Å². The number of hydrogen-bond donors (Lipinski definition) is 2. The molecule has 1 amide bonds. The molecule has 27 heavy (non-hydrogen) atoms. The molecule has 0 saturated carbocycles. The fourth-order valence-corrected chi connectivity index (χ4v) is 3.92. The third-order valence-corrected chi connectivity index (χ3v) is 5.92. The highest BCUT2D eigenvalue weighted by Crippen LogP contribution is 2.19. The van der Waals surface area contributed by atoms with Crippen molar-refractivity contribution >= 4 is 27.5 Å². The van der Waals surface area contributed by atoms with Gasteiger partial charge in [0, 0.05) is 18.0 Å². The van der Waals surface area contributed by atoms with Crippen molar-refractivity contribution in [3.63, 3.8) is 0 Å². The molecule has 1 atom stereocenters. The smallest absolute Gasteiger partial charge is 0.240 e. The van der Waals surface area contributed by atoms with Crippen molar-refractivity contribution in [2.75, 3.05) is 6.54 Å². The van der Waals surface area contributed by atoms with E-state index in [1.807, 2.05) is 19.1 Å². The first kappa shape index (κ1) is 21.4. The van der Waals surface area contributed by atoms with E-state index in [9.17, 15) is 13.2 Å². The fraction of sp³-hybridized carbons (Fsp3) is 0.350. The molecular formula is C20H25ClN2O3S. The molecule has 0 bridgehead atoms. The second kappa shape index (κ2) is 9.35. The molecule has 0 radical (unpaired) electrons. The predicted octanol–water partition coefficient (Wildman–Crippen LogP) is 4.01. The molecule has 2 aromatic carbocycles. The molecule has 0 fully saturated rings.